The van der Waals surface area contributed by atoms with Gasteiger partial charge in [0.2, 0.25) is 0 Å². The molecular formula is C22H30O6. The van der Waals surface area contributed by atoms with E-state index in [9.17, 15) is 24.6 Å². The molecule has 4 aliphatic rings. The van der Waals surface area contributed by atoms with Crippen molar-refractivity contribution in [2.75, 3.05) is 0 Å². The van der Waals surface area contributed by atoms with E-state index in [1.807, 2.05) is 6.92 Å². The normalized spacial score (nSPS) is 49.9. The molecule has 1 spiro atoms. The van der Waals surface area contributed by atoms with Crippen LogP contribution in [0.2, 0.25) is 0 Å². The molecule has 8 atom stereocenters. The zero-order valence-electron chi connectivity index (χ0n) is 16.9. The van der Waals surface area contributed by atoms with E-state index in [4.69, 9.17) is 4.74 Å². The van der Waals surface area contributed by atoms with Crippen LogP contribution < -0.4 is 0 Å². The third-order valence-electron chi connectivity index (χ3n) is 8.96. The number of aliphatic hydroxyl groups excluding tert-OH is 1. The lowest BCUT2D eigenvalue weighted by molar-refractivity contribution is -0.240. The lowest BCUT2D eigenvalue weighted by Gasteiger charge is -2.65. The highest BCUT2D eigenvalue weighted by Gasteiger charge is 2.73. The summed E-state index contributed by atoms with van der Waals surface area (Å²) in [4.78, 5) is 37.4. The standard InChI is InChI=1S/C22H30O6/c1-11-13-5-6-14-21(4)15(9-16(24)22(14,10-13)18(11)25)20(3,19(26)27)8-7-17(21)28-12(2)23/h13-17,24H,1,5-10H2,2-4H3,(H,26,27). The van der Waals surface area contributed by atoms with Gasteiger partial charge in [-0.25, -0.2) is 0 Å². The Morgan fingerprint density at radius 3 is 2.46 bits per heavy atom. The predicted molar refractivity (Wildman–Crippen MR) is 100 cm³/mol. The lowest BCUT2D eigenvalue weighted by atomic mass is 9.39. The van der Waals surface area contributed by atoms with Crippen molar-refractivity contribution in [3.05, 3.63) is 12.2 Å². The summed E-state index contributed by atoms with van der Waals surface area (Å²) in [6.45, 7) is 9.12. The zero-order valence-corrected chi connectivity index (χ0v) is 16.9. The Balaban J connectivity index is 1.88. The highest BCUT2D eigenvalue weighted by molar-refractivity contribution is 6.03. The minimum Gasteiger partial charge on any atom is -0.481 e. The molecule has 6 nitrogen and oxygen atoms in total. The molecule has 0 aliphatic heterocycles. The Morgan fingerprint density at radius 2 is 1.86 bits per heavy atom. The Labute approximate surface area is 165 Å². The van der Waals surface area contributed by atoms with Crippen LogP contribution in [0.4, 0.5) is 0 Å². The molecule has 4 aliphatic carbocycles. The lowest BCUT2D eigenvalue weighted by Crippen LogP contribution is -2.68. The summed E-state index contributed by atoms with van der Waals surface area (Å²) >= 11 is 0. The van der Waals surface area contributed by atoms with Crippen LogP contribution in [0.5, 0.6) is 0 Å². The van der Waals surface area contributed by atoms with Crippen molar-refractivity contribution < 1.29 is 29.3 Å². The maximum atomic E-state index is 13.3. The predicted octanol–water partition coefficient (Wildman–Crippen LogP) is 2.73. The number of allylic oxidation sites excluding steroid dienone is 1. The Bertz CT molecular complexity index is 773. The minimum absolute atomic E-state index is 0.0589. The average molecular weight is 390 g/mol. The van der Waals surface area contributed by atoms with Gasteiger partial charge in [0.1, 0.15) is 6.10 Å². The molecule has 0 aromatic rings. The van der Waals surface area contributed by atoms with Crippen LogP contribution in [0.1, 0.15) is 59.3 Å². The molecule has 2 N–H and O–H groups in total. The number of aliphatic hydroxyl groups is 1. The van der Waals surface area contributed by atoms with E-state index in [0.29, 0.717) is 31.3 Å². The molecule has 6 heteroatoms. The molecule has 154 valence electrons. The highest BCUT2D eigenvalue weighted by atomic mass is 16.5. The number of fused-ring (bicyclic) bond motifs is 3. The monoisotopic (exact) mass is 390 g/mol. The molecule has 28 heavy (non-hydrogen) atoms. The van der Waals surface area contributed by atoms with Crippen molar-refractivity contribution in [2.45, 2.75) is 71.5 Å². The van der Waals surface area contributed by atoms with Gasteiger partial charge in [0.25, 0.3) is 0 Å². The summed E-state index contributed by atoms with van der Waals surface area (Å²) in [5.74, 6) is -1.83. The largest absolute Gasteiger partial charge is 0.481 e. The topological polar surface area (TPSA) is 101 Å². The van der Waals surface area contributed by atoms with Crippen molar-refractivity contribution in [3.8, 4) is 0 Å². The number of rotatable bonds is 2. The number of aliphatic carboxylic acids is 1. The van der Waals surface area contributed by atoms with Gasteiger partial charge in [0.15, 0.2) is 5.78 Å². The van der Waals surface area contributed by atoms with Crippen LogP contribution >= 0.6 is 0 Å². The first-order chi connectivity index (χ1) is 13.0. The number of ketones is 1. The maximum absolute atomic E-state index is 13.3. The third kappa shape index (κ3) is 2.15. The van der Waals surface area contributed by atoms with Crippen molar-refractivity contribution >= 4 is 17.7 Å². The van der Waals surface area contributed by atoms with E-state index in [2.05, 4.69) is 6.58 Å². The third-order valence-corrected chi connectivity index (χ3v) is 8.96. The molecule has 0 aromatic carbocycles. The van der Waals surface area contributed by atoms with Crippen LogP contribution in [0.15, 0.2) is 12.2 Å². The van der Waals surface area contributed by atoms with Gasteiger partial charge in [-0.05, 0) is 68.8 Å². The fourth-order valence-electron chi connectivity index (χ4n) is 7.58. The molecule has 0 heterocycles. The van der Waals surface area contributed by atoms with Crippen molar-refractivity contribution in [1.82, 2.24) is 0 Å². The molecular weight excluding hydrogens is 360 g/mol. The number of carboxylic acid groups (broad SMARTS) is 1. The summed E-state index contributed by atoms with van der Waals surface area (Å²) < 4.78 is 5.74. The first kappa shape index (κ1) is 19.6. The van der Waals surface area contributed by atoms with Crippen LogP contribution in [0.25, 0.3) is 0 Å². The van der Waals surface area contributed by atoms with E-state index in [-0.39, 0.29) is 35.9 Å². The second-order valence-electron chi connectivity index (χ2n) is 9.96. The number of esters is 1. The maximum Gasteiger partial charge on any atom is 0.309 e. The molecule has 0 saturated heterocycles. The van der Waals surface area contributed by atoms with Crippen LogP contribution in [-0.4, -0.2) is 40.1 Å². The Hall–Kier alpha value is -1.69. The summed E-state index contributed by atoms with van der Waals surface area (Å²) in [6, 6.07) is 0. The van der Waals surface area contributed by atoms with Gasteiger partial charge in [-0.3, -0.25) is 14.4 Å². The van der Waals surface area contributed by atoms with Crippen LogP contribution in [0, 0.1) is 34.0 Å². The number of carboxylic acids is 1. The summed E-state index contributed by atoms with van der Waals surface area (Å²) in [7, 11) is 0. The first-order valence-corrected chi connectivity index (χ1v) is 10.3. The molecule has 0 aromatic heterocycles. The second kappa shape index (κ2) is 5.91. The van der Waals surface area contributed by atoms with Crippen LogP contribution in [-0.2, 0) is 19.1 Å². The summed E-state index contributed by atoms with van der Waals surface area (Å²) in [6.07, 6.45) is 1.84. The Kier molecular flexibility index (Phi) is 4.14. The minimum atomic E-state index is -1.02. The van der Waals surface area contributed by atoms with E-state index in [1.165, 1.54) is 6.92 Å². The van der Waals surface area contributed by atoms with E-state index < -0.39 is 34.4 Å². The van der Waals surface area contributed by atoms with Crippen LogP contribution in [0.3, 0.4) is 0 Å². The van der Waals surface area contributed by atoms with Gasteiger partial charge in [-0.15, -0.1) is 0 Å². The van der Waals surface area contributed by atoms with Gasteiger partial charge in [-0.2, -0.15) is 0 Å². The van der Waals surface area contributed by atoms with Crippen molar-refractivity contribution in [1.29, 1.82) is 0 Å². The highest BCUT2D eigenvalue weighted by Crippen LogP contribution is 2.71. The fourth-order valence-corrected chi connectivity index (χ4v) is 7.58. The van der Waals surface area contributed by atoms with Gasteiger partial charge < -0.3 is 14.9 Å². The van der Waals surface area contributed by atoms with E-state index in [1.54, 1.807) is 6.92 Å². The van der Waals surface area contributed by atoms with Crippen molar-refractivity contribution in [3.63, 3.8) is 0 Å². The SMILES string of the molecule is C=C1C(=O)C23CC1CCC2C1(C)C(OC(C)=O)CCC(C)(C(=O)O)C1CC3O. The summed E-state index contributed by atoms with van der Waals surface area (Å²) in [5, 5.41) is 21.3. The average Bonchev–Trinajstić information content (AvgIpc) is 2.81. The quantitative estimate of drug-likeness (QED) is 0.555. The van der Waals surface area contributed by atoms with E-state index >= 15 is 0 Å². The number of carbonyl (C=O) groups is 3. The van der Waals surface area contributed by atoms with Gasteiger partial charge in [0.05, 0.1) is 16.9 Å². The molecule has 0 amide bonds. The van der Waals surface area contributed by atoms with Crippen molar-refractivity contribution in [2.24, 2.45) is 34.0 Å². The van der Waals surface area contributed by atoms with E-state index in [0.717, 1.165) is 6.42 Å². The molecule has 8 unspecified atom stereocenters. The van der Waals surface area contributed by atoms with Gasteiger partial charge >= 0.3 is 11.9 Å². The first-order valence-electron chi connectivity index (χ1n) is 10.3. The fraction of sp³-hybridized carbons (Fsp3) is 0.773. The molecule has 4 saturated carbocycles. The molecule has 4 fully saturated rings. The zero-order chi connectivity index (χ0) is 20.6. The number of hydrogen-bond acceptors (Lipinski definition) is 5. The molecule has 4 rings (SSSR count). The number of Topliss-reactive ketones (excluding diaryl/α,β-unsaturated/α-hetero) is 1. The number of ether oxygens (including phenoxy) is 1. The number of carbonyl (C=O) groups excluding carboxylic acids is 2. The second-order valence-corrected chi connectivity index (χ2v) is 9.96. The van der Waals surface area contributed by atoms with Gasteiger partial charge in [-0.1, -0.05) is 13.5 Å². The smallest absolute Gasteiger partial charge is 0.309 e. The Morgan fingerprint density at radius 1 is 1.18 bits per heavy atom. The number of hydrogen-bond donors (Lipinski definition) is 2. The molecule has 0 radical (unpaired) electrons. The summed E-state index contributed by atoms with van der Waals surface area (Å²) in [5.41, 5.74) is -2.02. The molecule has 2 bridgehead atoms. The van der Waals surface area contributed by atoms with Gasteiger partial charge in [0, 0.05) is 12.3 Å².